The van der Waals surface area contributed by atoms with E-state index < -0.39 is 6.10 Å². The molecule has 0 aromatic carbocycles. The maximum Gasteiger partial charge on any atom is 0.247 e. The summed E-state index contributed by atoms with van der Waals surface area (Å²) >= 11 is 0. The van der Waals surface area contributed by atoms with Crippen molar-refractivity contribution in [2.24, 2.45) is 5.73 Å². The number of primary amides is 1. The van der Waals surface area contributed by atoms with Gasteiger partial charge in [0.2, 0.25) is 5.91 Å². The van der Waals surface area contributed by atoms with Crippen molar-refractivity contribution in [2.45, 2.75) is 26.0 Å². The fourth-order valence-corrected chi connectivity index (χ4v) is 1.31. The van der Waals surface area contributed by atoms with E-state index in [2.05, 4.69) is 18.7 Å². The lowest BCUT2D eigenvalue weighted by Gasteiger charge is -2.33. The molecule has 1 atom stereocenters. The molecule has 0 aromatic heterocycles. The number of nitrogens with zero attached hydrogens (tertiary/aromatic N) is 1. The van der Waals surface area contributed by atoms with Crippen molar-refractivity contribution in [3.05, 3.63) is 0 Å². The first-order valence-electron chi connectivity index (χ1n) is 4.26. The Morgan fingerprint density at radius 2 is 2.33 bits per heavy atom. The maximum atomic E-state index is 10.8. The van der Waals surface area contributed by atoms with Crippen molar-refractivity contribution in [1.29, 1.82) is 0 Å². The van der Waals surface area contributed by atoms with Gasteiger partial charge in [-0.1, -0.05) is 0 Å². The lowest BCUT2D eigenvalue weighted by atomic mass is 10.2. The van der Waals surface area contributed by atoms with Crippen LogP contribution in [0.4, 0.5) is 0 Å². The van der Waals surface area contributed by atoms with Crippen molar-refractivity contribution < 1.29 is 9.53 Å². The van der Waals surface area contributed by atoms with Crippen molar-refractivity contribution in [3.8, 4) is 0 Å². The van der Waals surface area contributed by atoms with Gasteiger partial charge in [0.25, 0.3) is 0 Å². The number of carbonyl (C=O) groups is 1. The fraction of sp³-hybridized carbons (Fsp3) is 0.875. The monoisotopic (exact) mass is 172 g/mol. The largest absolute Gasteiger partial charge is 0.367 e. The average molecular weight is 172 g/mol. The first-order valence-corrected chi connectivity index (χ1v) is 4.26. The summed E-state index contributed by atoms with van der Waals surface area (Å²) in [6, 6.07) is 0.454. The number of nitrogens with two attached hydrogens (primary N) is 1. The van der Waals surface area contributed by atoms with Crippen LogP contribution in [0, 0.1) is 0 Å². The molecule has 12 heavy (non-hydrogen) atoms. The summed E-state index contributed by atoms with van der Waals surface area (Å²) in [4.78, 5) is 13.0. The van der Waals surface area contributed by atoms with Crippen LogP contribution in [0.3, 0.4) is 0 Å². The third-order valence-corrected chi connectivity index (χ3v) is 2.15. The molecule has 4 nitrogen and oxygen atoms in total. The molecular formula is C8H16N2O2. The van der Waals surface area contributed by atoms with Gasteiger partial charge in [0.1, 0.15) is 6.10 Å². The minimum absolute atomic E-state index is 0.361. The molecule has 0 aliphatic carbocycles. The van der Waals surface area contributed by atoms with Gasteiger partial charge in [-0.25, -0.2) is 0 Å². The van der Waals surface area contributed by atoms with Gasteiger partial charge in [-0.15, -0.1) is 0 Å². The Morgan fingerprint density at radius 1 is 1.67 bits per heavy atom. The Morgan fingerprint density at radius 3 is 2.83 bits per heavy atom. The van der Waals surface area contributed by atoms with Gasteiger partial charge in [0.05, 0.1) is 6.61 Å². The van der Waals surface area contributed by atoms with Gasteiger partial charge in [0.15, 0.2) is 0 Å². The van der Waals surface area contributed by atoms with Crippen LogP contribution in [0.2, 0.25) is 0 Å². The quantitative estimate of drug-likeness (QED) is 0.615. The first kappa shape index (κ1) is 9.48. The normalized spacial score (nSPS) is 26.1. The molecule has 0 saturated carbocycles. The number of hydrogen-bond donors (Lipinski definition) is 1. The van der Waals surface area contributed by atoms with E-state index in [0.717, 1.165) is 6.54 Å². The molecule has 1 fully saturated rings. The van der Waals surface area contributed by atoms with Crippen molar-refractivity contribution in [1.82, 2.24) is 4.90 Å². The van der Waals surface area contributed by atoms with Gasteiger partial charge >= 0.3 is 0 Å². The molecule has 1 aliphatic rings. The van der Waals surface area contributed by atoms with E-state index in [9.17, 15) is 4.79 Å². The lowest BCUT2D eigenvalue weighted by Crippen LogP contribution is -2.50. The summed E-state index contributed by atoms with van der Waals surface area (Å²) < 4.78 is 5.20. The van der Waals surface area contributed by atoms with Gasteiger partial charge in [-0.2, -0.15) is 0 Å². The molecule has 1 saturated heterocycles. The van der Waals surface area contributed by atoms with Crippen molar-refractivity contribution in [3.63, 3.8) is 0 Å². The van der Waals surface area contributed by atoms with E-state index in [1.165, 1.54) is 0 Å². The van der Waals surface area contributed by atoms with Crippen LogP contribution >= 0.6 is 0 Å². The molecule has 2 N–H and O–H groups in total. The smallest absolute Gasteiger partial charge is 0.247 e. The van der Waals surface area contributed by atoms with Gasteiger partial charge in [-0.3, -0.25) is 9.69 Å². The lowest BCUT2D eigenvalue weighted by molar-refractivity contribution is -0.135. The second kappa shape index (κ2) is 3.87. The summed E-state index contributed by atoms with van der Waals surface area (Å²) in [6.07, 6.45) is -0.416. The summed E-state index contributed by atoms with van der Waals surface area (Å²) in [7, 11) is 0. The zero-order valence-corrected chi connectivity index (χ0v) is 7.62. The van der Waals surface area contributed by atoms with Gasteiger partial charge < -0.3 is 10.5 Å². The number of ether oxygens (including phenoxy) is 1. The summed E-state index contributed by atoms with van der Waals surface area (Å²) in [6.45, 7) is 6.33. The van der Waals surface area contributed by atoms with Gasteiger partial charge in [-0.05, 0) is 13.8 Å². The third-order valence-electron chi connectivity index (χ3n) is 2.15. The minimum atomic E-state index is -0.416. The second-order valence-electron chi connectivity index (χ2n) is 3.35. The Labute approximate surface area is 72.7 Å². The van der Waals surface area contributed by atoms with Crippen LogP contribution in [0.5, 0.6) is 0 Å². The third kappa shape index (κ3) is 2.19. The molecule has 0 bridgehead atoms. The molecule has 4 heteroatoms. The molecule has 1 aliphatic heterocycles. The first-order chi connectivity index (χ1) is 5.61. The van der Waals surface area contributed by atoms with Crippen LogP contribution < -0.4 is 5.73 Å². The van der Waals surface area contributed by atoms with Crippen LogP contribution in [-0.2, 0) is 9.53 Å². The Balaban J connectivity index is 2.46. The Hall–Kier alpha value is -0.610. The molecular weight excluding hydrogens is 156 g/mol. The topological polar surface area (TPSA) is 55.6 Å². The molecule has 0 spiro atoms. The van der Waals surface area contributed by atoms with Crippen LogP contribution in [0.1, 0.15) is 13.8 Å². The highest BCUT2D eigenvalue weighted by atomic mass is 16.5. The summed E-state index contributed by atoms with van der Waals surface area (Å²) in [5.41, 5.74) is 5.14. The summed E-state index contributed by atoms with van der Waals surface area (Å²) in [5, 5.41) is 0. The number of amides is 1. The zero-order chi connectivity index (χ0) is 9.14. The second-order valence-corrected chi connectivity index (χ2v) is 3.35. The van der Waals surface area contributed by atoms with Gasteiger partial charge in [0, 0.05) is 19.1 Å². The molecule has 0 aromatic rings. The Kier molecular flexibility index (Phi) is 3.05. The van der Waals surface area contributed by atoms with E-state index >= 15 is 0 Å². The summed E-state index contributed by atoms with van der Waals surface area (Å²) in [5.74, 6) is -0.361. The molecule has 1 rings (SSSR count). The van der Waals surface area contributed by atoms with E-state index in [1.54, 1.807) is 0 Å². The SMILES string of the molecule is CC(C)N1CCO[C@H](C(N)=O)C1. The van der Waals surface area contributed by atoms with Crippen LogP contribution in [-0.4, -0.2) is 42.6 Å². The van der Waals surface area contributed by atoms with Crippen LogP contribution in [0.15, 0.2) is 0 Å². The van der Waals surface area contributed by atoms with E-state index in [0.29, 0.717) is 19.2 Å². The van der Waals surface area contributed by atoms with Crippen LogP contribution in [0.25, 0.3) is 0 Å². The highest BCUT2D eigenvalue weighted by Gasteiger charge is 2.25. The van der Waals surface area contributed by atoms with E-state index in [-0.39, 0.29) is 5.91 Å². The number of carbonyl (C=O) groups excluding carboxylic acids is 1. The number of hydrogen-bond acceptors (Lipinski definition) is 3. The highest BCUT2D eigenvalue weighted by Crippen LogP contribution is 2.07. The maximum absolute atomic E-state index is 10.8. The predicted molar refractivity (Wildman–Crippen MR) is 45.6 cm³/mol. The molecule has 0 radical (unpaired) electrons. The zero-order valence-electron chi connectivity index (χ0n) is 7.62. The van der Waals surface area contributed by atoms with Crippen molar-refractivity contribution in [2.75, 3.05) is 19.7 Å². The number of rotatable bonds is 2. The van der Waals surface area contributed by atoms with E-state index in [1.807, 2.05) is 0 Å². The predicted octanol–water partition coefficient (Wildman–Crippen LogP) is -0.419. The Bertz CT molecular complexity index is 170. The molecule has 1 heterocycles. The molecule has 1 amide bonds. The molecule has 0 unspecified atom stereocenters. The van der Waals surface area contributed by atoms with Crippen molar-refractivity contribution >= 4 is 5.91 Å². The van der Waals surface area contributed by atoms with E-state index in [4.69, 9.17) is 10.5 Å². The minimum Gasteiger partial charge on any atom is -0.367 e. The fourth-order valence-electron chi connectivity index (χ4n) is 1.31. The average Bonchev–Trinajstić information content (AvgIpc) is 2.04. The highest BCUT2D eigenvalue weighted by molar-refractivity contribution is 5.79. The number of morpholine rings is 1. The standard InChI is InChI=1S/C8H16N2O2/c1-6(2)10-3-4-12-7(5-10)8(9)11/h6-7H,3-5H2,1-2H3,(H2,9,11)/t7-/m0/s1. The molecule has 70 valence electrons.